The molecule has 7 nitrogen and oxygen atoms in total. The molecule has 2 unspecified atom stereocenters. The number of ether oxygens (including phenoxy) is 1. The summed E-state index contributed by atoms with van der Waals surface area (Å²) in [5, 5.41) is 14.2. The number of carbonyl (C=O) groups is 3. The molecule has 0 heterocycles. The highest BCUT2D eigenvalue weighted by atomic mass is 16.5. The van der Waals surface area contributed by atoms with E-state index in [-0.39, 0.29) is 25.0 Å². The van der Waals surface area contributed by atoms with Crippen molar-refractivity contribution in [3.05, 3.63) is 59.7 Å². The molecule has 3 N–H and O–H groups in total. The maximum absolute atomic E-state index is 12.5. The summed E-state index contributed by atoms with van der Waals surface area (Å²) in [6, 6.07) is 15.3. The minimum Gasteiger partial charge on any atom is -0.481 e. The molecule has 0 saturated heterocycles. The number of rotatable bonds is 8. The average molecular weight is 424 g/mol. The number of benzene rings is 2. The van der Waals surface area contributed by atoms with Crippen LogP contribution in [-0.4, -0.2) is 42.3 Å². The molecule has 1 aliphatic carbocycles. The van der Waals surface area contributed by atoms with Crippen molar-refractivity contribution in [2.45, 2.75) is 32.7 Å². The van der Waals surface area contributed by atoms with Crippen molar-refractivity contribution < 1.29 is 24.2 Å². The predicted molar refractivity (Wildman–Crippen MR) is 117 cm³/mol. The fourth-order valence-electron chi connectivity index (χ4n) is 3.75. The van der Waals surface area contributed by atoms with Gasteiger partial charge in [-0.05, 0) is 28.2 Å². The Hall–Kier alpha value is -3.35. The highest BCUT2D eigenvalue weighted by Crippen LogP contribution is 2.44. The van der Waals surface area contributed by atoms with Gasteiger partial charge in [-0.15, -0.1) is 0 Å². The van der Waals surface area contributed by atoms with E-state index >= 15 is 0 Å². The van der Waals surface area contributed by atoms with Crippen LogP contribution < -0.4 is 10.6 Å². The van der Waals surface area contributed by atoms with Gasteiger partial charge in [-0.1, -0.05) is 69.3 Å². The molecule has 0 saturated carbocycles. The number of carboxylic acids is 1. The minimum absolute atomic E-state index is 0.0102. The van der Waals surface area contributed by atoms with Gasteiger partial charge in [-0.3, -0.25) is 9.59 Å². The van der Waals surface area contributed by atoms with Gasteiger partial charge in [0.05, 0.1) is 5.92 Å². The standard InChI is InChI=1S/C24H28N2O5/c1-14(2)21(22(27)25-12-15(3)23(28)29)26-24(30)31-13-20-18-10-6-4-8-16(18)17-9-5-7-11-19(17)20/h4-11,14-15,20-21H,12-13H2,1-3H3,(H,25,27)(H,26,30)(H,28,29). The van der Waals surface area contributed by atoms with E-state index in [9.17, 15) is 14.4 Å². The SMILES string of the molecule is CC(CNC(=O)C(NC(=O)OCC1c2ccccc2-c2ccccc21)C(C)C)C(=O)O. The maximum Gasteiger partial charge on any atom is 0.407 e. The first-order valence-corrected chi connectivity index (χ1v) is 10.4. The van der Waals surface area contributed by atoms with E-state index < -0.39 is 29.9 Å². The number of aliphatic carboxylic acids is 1. The van der Waals surface area contributed by atoms with Crippen molar-refractivity contribution >= 4 is 18.0 Å². The van der Waals surface area contributed by atoms with Gasteiger partial charge < -0.3 is 20.5 Å². The van der Waals surface area contributed by atoms with Crippen LogP contribution in [0.3, 0.4) is 0 Å². The molecule has 0 radical (unpaired) electrons. The Bertz CT molecular complexity index is 926. The van der Waals surface area contributed by atoms with Crippen molar-refractivity contribution in [2.75, 3.05) is 13.2 Å². The van der Waals surface area contributed by atoms with Crippen molar-refractivity contribution in [1.29, 1.82) is 0 Å². The van der Waals surface area contributed by atoms with Gasteiger partial charge in [0.25, 0.3) is 0 Å². The highest BCUT2D eigenvalue weighted by molar-refractivity contribution is 5.86. The van der Waals surface area contributed by atoms with Crippen LogP contribution in [0.5, 0.6) is 0 Å². The summed E-state index contributed by atoms with van der Waals surface area (Å²) in [4.78, 5) is 35.9. The van der Waals surface area contributed by atoms with E-state index in [4.69, 9.17) is 9.84 Å². The second kappa shape index (κ2) is 9.64. The average Bonchev–Trinajstić information content (AvgIpc) is 3.07. The summed E-state index contributed by atoms with van der Waals surface area (Å²) in [6.45, 7) is 5.25. The fraction of sp³-hybridized carbons (Fsp3) is 0.375. The lowest BCUT2D eigenvalue weighted by Gasteiger charge is -2.22. The second-order valence-electron chi connectivity index (χ2n) is 8.18. The Labute approximate surface area is 181 Å². The number of nitrogens with one attached hydrogen (secondary N) is 2. The molecule has 2 aromatic rings. The minimum atomic E-state index is -0.995. The topological polar surface area (TPSA) is 105 Å². The van der Waals surface area contributed by atoms with Gasteiger partial charge in [0.15, 0.2) is 0 Å². The van der Waals surface area contributed by atoms with Crippen LogP contribution in [0.4, 0.5) is 4.79 Å². The molecule has 3 rings (SSSR count). The quantitative estimate of drug-likeness (QED) is 0.603. The summed E-state index contributed by atoms with van der Waals surface area (Å²) in [5.41, 5.74) is 4.49. The van der Waals surface area contributed by atoms with Gasteiger partial charge >= 0.3 is 12.1 Å². The monoisotopic (exact) mass is 424 g/mol. The molecule has 0 fully saturated rings. The molecule has 0 spiro atoms. The largest absolute Gasteiger partial charge is 0.481 e. The molecule has 2 aromatic carbocycles. The number of hydrogen-bond acceptors (Lipinski definition) is 4. The first-order valence-electron chi connectivity index (χ1n) is 10.4. The Morgan fingerprint density at radius 3 is 2.03 bits per heavy atom. The van der Waals surface area contributed by atoms with E-state index in [0.29, 0.717) is 0 Å². The van der Waals surface area contributed by atoms with E-state index in [1.165, 1.54) is 6.92 Å². The molecule has 31 heavy (non-hydrogen) atoms. The Morgan fingerprint density at radius 2 is 1.52 bits per heavy atom. The molecule has 1 aliphatic rings. The molecular formula is C24H28N2O5. The number of carboxylic acid groups (broad SMARTS) is 1. The molecule has 2 atom stereocenters. The van der Waals surface area contributed by atoms with Gasteiger partial charge in [0, 0.05) is 12.5 Å². The van der Waals surface area contributed by atoms with Crippen LogP contribution in [0.15, 0.2) is 48.5 Å². The third-order valence-electron chi connectivity index (χ3n) is 5.57. The third kappa shape index (κ3) is 5.05. The van der Waals surface area contributed by atoms with Crippen molar-refractivity contribution in [3.63, 3.8) is 0 Å². The zero-order chi connectivity index (χ0) is 22.5. The normalized spacial score (nSPS) is 14.3. The number of carbonyl (C=O) groups excluding carboxylic acids is 2. The molecule has 0 aromatic heterocycles. The van der Waals surface area contributed by atoms with Gasteiger partial charge in [-0.25, -0.2) is 4.79 Å². The summed E-state index contributed by atoms with van der Waals surface area (Å²) in [7, 11) is 0. The molecule has 2 amide bonds. The summed E-state index contributed by atoms with van der Waals surface area (Å²) >= 11 is 0. The van der Waals surface area contributed by atoms with Gasteiger partial charge in [0.1, 0.15) is 12.6 Å². The molecule has 164 valence electrons. The van der Waals surface area contributed by atoms with E-state index in [1.807, 2.05) is 36.4 Å². The van der Waals surface area contributed by atoms with Crippen LogP contribution in [-0.2, 0) is 14.3 Å². The molecule has 0 aliphatic heterocycles. The Balaban J connectivity index is 1.62. The zero-order valence-corrected chi connectivity index (χ0v) is 17.9. The van der Waals surface area contributed by atoms with Crippen LogP contribution in [0.1, 0.15) is 37.8 Å². The number of alkyl carbamates (subject to hydrolysis) is 1. The zero-order valence-electron chi connectivity index (χ0n) is 17.9. The first kappa shape index (κ1) is 22.3. The van der Waals surface area contributed by atoms with E-state index in [2.05, 4.69) is 22.8 Å². The lowest BCUT2D eigenvalue weighted by Crippen LogP contribution is -2.51. The number of fused-ring (bicyclic) bond motifs is 3. The number of amides is 2. The Morgan fingerprint density at radius 1 is 0.968 bits per heavy atom. The molecular weight excluding hydrogens is 396 g/mol. The van der Waals surface area contributed by atoms with Crippen molar-refractivity contribution in [3.8, 4) is 11.1 Å². The van der Waals surface area contributed by atoms with E-state index in [0.717, 1.165) is 22.3 Å². The van der Waals surface area contributed by atoms with Crippen molar-refractivity contribution in [1.82, 2.24) is 10.6 Å². The fourth-order valence-corrected chi connectivity index (χ4v) is 3.75. The smallest absolute Gasteiger partial charge is 0.407 e. The van der Waals surface area contributed by atoms with Gasteiger partial charge in [-0.2, -0.15) is 0 Å². The third-order valence-corrected chi connectivity index (χ3v) is 5.57. The van der Waals surface area contributed by atoms with E-state index in [1.54, 1.807) is 13.8 Å². The van der Waals surface area contributed by atoms with Crippen LogP contribution in [0.25, 0.3) is 11.1 Å². The Kier molecular flexibility index (Phi) is 6.95. The summed E-state index contributed by atoms with van der Waals surface area (Å²) in [5.74, 6) is -2.41. The van der Waals surface area contributed by atoms with Crippen LogP contribution >= 0.6 is 0 Å². The van der Waals surface area contributed by atoms with Crippen LogP contribution in [0.2, 0.25) is 0 Å². The summed E-state index contributed by atoms with van der Waals surface area (Å²) in [6.07, 6.45) is -0.679. The van der Waals surface area contributed by atoms with Crippen molar-refractivity contribution in [2.24, 2.45) is 11.8 Å². The van der Waals surface area contributed by atoms with Crippen LogP contribution in [0, 0.1) is 11.8 Å². The first-order chi connectivity index (χ1) is 14.8. The predicted octanol–water partition coefficient (Wildman–Crippen LogP) is 3.39. The lowest BCUT2D eigenvalue weighted by molar-refractivity contribution is -0.141. The second-order valence-corrected chi connectivity index (χ2v) is 8.18. The maximum atomic E-state index is 12.5. The number of hydrogen-bond donors (Lipinski definition) is 3. The molecule has 7 heteroatoms. The highest BCUT2D eigenvalue weighted by Gasteiger charge is 2.30. The lowest BCUT2D eigenvalue weighted by atomic mass is 9.98. The molecule has 0 bridgehead atoms. The summed E-state index contributed by atoms with van der Waals surface area (Å²) < 4.78 is 5.51. The van der Waals surface area contributed by atoms with Gasteiger partial charge in [0.2, 0.25) is 5.91 Å².